The molecule has 7 heteroatoms. The van der Waals surface area contributed by atoms with Crippen molar-refractivity contribution in [3.05, 3.63) is 12.2 Å². The summed E-state index contributed by atoms with van der Waals surface area (Å²) in [4.78, 5) is 3.86. The molecular formula is C7H13N5O2. The fraction of sp³-hybridized carbons (Fsp3) is 0.571. The molecule has 1 heterocycles. The molecule has 0 amide bonds. The monoisotopic (exact) mass is 199 g/mol. The summed E-state index contributed by atoms with van der Waals surface area (Å²) in [5.41, 5.74) is 5.27. The van der Waals surface area contributed by atoms with Crippen molar-refractivity contribution in [3.8, 4) is 0 Å². The average Bonchev–Trinajstić information content (AvgIpc) is 2.69. The molecule has 0 spiro atoms. The first kappa shape index (κ1) is 10.5. The van der Waals surface area contributed by atoms with Crippen LogP contribution in [-0.2, 0) is 6.42 Å². The second kappa shape index (κ2) is 5.92. The van der Waals surface area contributed by atoms with Gasteiger partial charge in [0.25, 0.3) is 0 Å². The molecule has 0 saturated heterocycles. The van der Waals surface area contributed by atoms with Gasteiger partial charge in [-0.2, -0.15) is 4.98 Å². The third kappa shape index (κ3) is 3.85. The maximum atomic E-state index is 8.24. The van der Waals surface area contributed by atoms with Crippen molar-refractivity contribution in [2.75, 3.05) is 13.1 Å². The highest BCUT2D eigenvalue weighted by molar-refractivity contribution is 5.79. The zero-order valence-electron chi connectivity index (χ0n) is 7.68. The number of aromatic nitrogens is 2. The van der Waals surface area contributed by atoms with Crippen LogP contribution in [0.15, 0.2) is 16.0 Å². The highest BCUT2D eigenvalue weighted by Gasteiger charge is 1.98. The lowest BCUT2D eigenvalue weighted by molar-refractivity contribution is 0.316. The molecule has 14 heavy (non-hydrogen) atoms. The largest absolute Gasteiger partial charge is 0.409 e. The third-order valence-corrected chi connectivity index (χ3v) is 1.61. The zero-order chi connectivity index (χ0) is 10.2. The van der Waals surface area contributed by atoms with Gasteiger partial charge in [-0.25, -0.2) is 0 Å². The number of rotatable bonds is 6. The molecule has 78 valence electrons. The highest BCUT2D eigenvalue weighted by atomic mass is 16.5. The molecule has 4 N–H and O–H groups in total. The van der Waals surface area contributed by atoms with Crippen LogP contribution < -0.4 is 11.1 Å². The van der Waals surface area contributed by atoms with Crippen molar-refractivity contribution in [3.63, 3.8) is 0 Å². The molecule has 0 aromatic carbocycles. The Balaban J connectivity index is 2.00. The van der Waals surface area contributed by atoms with E-state index in [2.05, 4.69) is 20.6 Å². The molecule has 0 bridgehead atoms. The Morgan fingerprint density at radius 2 is 2.50 bits per heavy atom. The van der Waals surface area contributed by atoms with Crippen molar-refractivity contribution in [2.24, 2.45) is 10.9 Å². The summed E-state index contributed by atoms with van der Waals surface area (Å²) in [5.74, 6) is 0.816. The molecule has 0 saturated carbocycles. The van der Waals surface area contributed by atoms with Crippen molar-refractivity contribution in [1.82, 2.24) is 15.5 Å². The standard InChI is InChI=1S/C7H13N5O2/c8-6(12-13)1-3-9-4-2-7-10-5-11-14-7/h5,9,13H,1-4H2,(H2,8,12). The number of hydrogen-bond acceptors (Lipinski definition) is 6. The first-order valence-corrected chi connectivity index (χ1v) is 4.25. The van der Waals surface area contributed by atoms with Crippen molar-refractivity contribution < 1.29 is 9.73 Å². The van der Waals surface area contributed by atoms with Crippen LogP contribution in [0, 0.1) is 0 Å². The van der Waals surface area contributed by atoms with E-state index in [4.69, 9.17) is 15.5 Å². The number of hydrogen-bond donors (Lipinski definition) is 3. The number of nitrogens with two attached hydrogens (primary N) is 1. The van der Waals surface area contributed by atoms with E-state index >= 15 is 0 Å². The smallest absolute Gasteiger partial charge is 0.227 e. The minimum atomic E-state index is 0.218. The molecule has 0 atom stereocenters. The van der Waals surface area contributed by atoms with Crippen LogP contribution in [0.5, 0.6) is 0 Å². The summed E-state index contributed by atoms with van der Waals surface area (Å²) < 4.78 is 4.79. The Hall–Kier alpha value is -1.63. The summed E-state index contributed by atoms with van der Waals surface area (Å²) >= 11 is 0. The van der Waals surface area contributed by atoms with Gasteiger partial charge in [-0.05, 0) is 0 Å². The molecule has 0 aliphatic heterocycles. The third-order valence-electron chi connectivity index (χ3n) is 1.61. The van der Waals surface area contributed by atoms with Gasteiger partial charge in [-0.1, -0.05) is 10.3 Å². The maximum absolute atomic E-state index is 8.24. The fourth-order valence-corrected chi connectivity index (χ4v) is 0.893. The maximum Gasteiger partial charge on any atom is 0.227 e. The topological polar surface area (TPSA) is 110 Å². The van der Waals surface area contributed by atoms with Gasteiger partial charge < -0.3 is 20.8 Å². The van der Waals surface area contributed by atoms with Crippen LogP contribution in [0.2, 0.25) is 0 Å². The van der Waals surface area contributed by atoms with Gasteiger partial charge in [0.15, 0.2) is 6.33 Å². The van der Waals surface area contributed by atoms with E-state index in [1.807, 2.05) is 0 Å². The lowest BCUT2D eigenvalue weighted by Gasteiger charge is -2.00. The first-order chi connectivity index (χ1) is 6.83. The molecule has 1 aromatic rings. The van der Waals surface area contributed by atoms with E-state index in [1.165, 1.54) is 6.33 Å². The Kier molecular flexibility index (Phi) is 4.42. The molecule has 7 nitrogen and oxygen atoms in total. The number of nitrogens with one attached hydrogen (secondary N) is 1. The molecule has 0 radical (unpaired) electrons. The zero-order valence-corrected chi connectivity index (χ0v) is 7.68. The Labute approximate surface area is 81.0 Å². The normalized spacial score (nSPS) is 11.9. The number of oxime groups is 1. The highest BCUT2D eigenvalue weighted by Crippen LogP contribution is 1.90. The van der Waals surface area contributed by atoms with Crippen LogP contribution in [0.1, 0.15) is 12.3 Å². The van der Waals surface area contributed by atoms with Gasteiger partial charge in [0.1, 0.15) is 5.84 Å². The van der Waals surface area contributed by atoms with Gasteiger partial charge >= 0.3 is 0 Å². The summed E-state index contributed by atoms with van der Waals surface area (Å²) in [6, 6.07) is 0. The van der Waals surface area contributed by atoms with Gasteiger partial charge in [-0.15, -0.1) is 0 Å². The van der Waals surface area contributed by atoms with Gasteiger partial charge in [-0.3, -0.25) is 0 Å². The van der Waals surface area contributed by atoms with Gasteiger partial charge in [0, 0.05) is 25.9 Å². The lowest BCUT2D eigenvalue weighted by Crippen LogP contribution is -2.24. The second-order valence-electron chi connectivity index (χ2n) is 2.68. The van der Waals surface area contributed by atoms with Crippen LogP contribution in [0.4, 0.5) is 0 Å². The quantitative estimate of drug-likeness (QED) is 0.184. The van der Waals surface area contributed by atoms with Gasteiger partial charge in [0.2, 0.25) is 5.89 Å². The predicted molar refractivity (Wildman–Crippen MR) is 48.9 cm³/mol. The molecule has 0 aliphatic rings. The molecular weight excluding hydrogens is 186 g/mol. The predicted octanol–water partition coefficient (Wildman–Crippen LogP) is -0.662. The van der Waals surface area contributed by atoms with E-state index < -0.39 is 0 Å². The second-order valence-corrected chi connectivity index (χ2v) is 2.68. The lowest BCUT2D eigenvalue weighted by atomic mass is 10.3. The van der Waals surface area contributed by atoms with Crippen molar-refractivity contribution >= 4 is 5.84 Å². The van der Waals surface area contributed by atoms with E-state index in [0.717, 1.165) is 6.54 Å². The summed E-state index contributed by atoms with van der Waals surface area (Å²) in [5, 5.41) is 17.7. The van der Waals surface area contributed by atoms with Crippen LogP contribution in [-0.4, -0.2) is 34.3 Å². The van der Waals surface area contributed by atoms with E-state index in [9.17, 15) is 0 Å². The molecule has 1 rings (SSSR count). The Morgan fingerprint density at radius 1 is 1.64 bits per heavy atom. The van der Waals surface area contributed by atoms with Crippen LogP contribution in [0.25, 0.3) is 0 Å². The van der Waals surface area contributed by atoms with E-state index in [1.54, 1.807) is 0 Å². The Morgan fingerprint density at radius 3 is 3.14 bits per heavy atom. The van der Waals surface area contributed by atoms with E-state index in [-0.39, 0.29) is 5.84 Å². The van der Waals surface area contributed by atoms with Crippen LogP contribution >= 0.6 is 0 Å². The SMILES string of the molecule is NC(CCNCCc1ncno1)=NO. The molecule has 0 unspecified atom stereocenters. The number of nitrogens with zero attached hydrogens (tertiary/aromatic N) is 3. The van der Waals surface area contributed by atoms with Crippen molar-refractivity contribution in [2.45, 2.75) is 12.8 Å². The Bertz CT molecular complexity index is 272. The van der Waals surface area contributed by atoms with E-state index in [0.29, 0.717) is 25.3 Å². The van der Waals surface area contributed by atoms with Crippen molar-refractivity contribution in [1.29, 1.82) is 0 Å². The van der Waals surface area contributed by atoms with Gasteiger partial charge in [0.05, 0.1) is 0 Å². The first-order valence-electron chi connectivity index (χ1n) is 4.25. The molecule has 1 aromatic heterocycles. The molecule has 0 aliphatic carbocycles. The average molecular weight is 199 g/mol. The fourth-order valence-electron chi connectivity index (χ4n) is 0.893. The summed E-state index contributed by atoms with van der Waals surface area (Å²) in [6.07, 6.45) is 2.56. The molecule has 0 fully saturated rings. The summed E-state index contributed by atoms with van der Waals surface area (Å²) in [7, 11) is 0. The minimum Gasteiger partial charge on any atom is -0.409 e. The van der Waals surface area contributed by atoms with Crippen LogP contribution in [0.3, 0.4) is 0 Å². The number of amidine groups is 1. The minimum absolute atomic E-state index is 0.218. The summed E-state index contributed by atoms with van der Waals surface area (Å²) in [6.45, 7) is 1.38.